The van der Waals surface area contributed by atoms with Crippen molar-refractivity contribution in [2.45, 2.75) is 13.5 Å². The minimum Gasteiger partial charge on any atom is -0.320 e. The highest BCUT2D eigenvalue weighted by molar-refractivity contribution is 6.03. The van der Waals surface area contributed by atoms with Crippen LogP contribution in [-0.2, 0) is 6.54 Å². The predicted octanol–water partition coefficient (Wildman–Crippen LogP) is 4.37. The summed E-state index contributed by atoms with van der Waals surface area (Å²) in [6.45, 7) is 2.68. The van der Waals surface area contributed by atoms with Crippen molar-refractivity contribution in [1.82, 2.24) is 14.5 Å². The first-order valence-corrected chi connectivity index (χ1v) is 8.54. The molecule has 0 bridgehead atoms. The van der Waals surface area contributed by atoms with Crippen LogP contribution >= 0.6 is 0 Å². The smallest absolute Gasteiger partial charge is 0.291 e. The molecule has 2 heterocycles. The van der Waals surface area contributed by atoms with Crippen molar-refractivity contribution in [3.8, 4) is 11.3 Å². The van der Waals surface area contributed by atoms with Crippen LogP contribution in [0.2, 0.25) is 0 Å². The van der Waals surface area contributed by atoms with Gasteiger partial charge in [-0.15, -0.1) is 0 Å². The summed E-state index contributed by atoms with van der Waals surface area (Å²) >= 11 is 0. The van der Waals surface area contributed by atoms with Gasteiger partial charge in [-0.2, -0.15) is 0 Å². The molecule has 26 heavy (non-hydrogen) atoms. The lowest BCUT2D eigenvalue weighted by Gasteiger charge is -2.08. The van der Waals surface area contributed by atoms with E-state index < -0.39 is 0 Å². The highest BCUT2D eigenvalue weighted by atomic mass is 16.2. The molecule has 0 saturated carbocycles. The molecular formula is C21H18N4O. The van der Waals surface area contributed by atoms with E-state index in [1.165, 1.54) is 0 Å². The van der Waals surface area contributed by atoms with E-state index in [1.54, 1.807) is 6.20 Å². The number of imidazole rings is 1. The van der Waals surface area contributed by atoms with Gasteiger partial charge in [-0.05, 0) is 31.2 Å². The second-order valence-corrected chi connectivity index (χ2v) is 5.92. The molecule has 4 rings (SSSR count). The summed E-state index contributed by atoms with van der Waals surface area (Å²) in [5.41, 5.74) is 4.32. The second-order valence-electron chi connectivity index (χ2n) is 5.92. The van der Waals surface area contributed by atoms with Gasteiger partial charge >= 0.3 is 0 Å². The molecule has 0 spiro atoms. The van der Waals surface area contributed by atoms with Crippen LogP contribution in [0.1, 0.15) is 17.5 Å². The van der Waals surface area contributed by atoms with Crippen LogP contribution in [0.25, 0.3) is 22.3 Å². The number of rotatable bonds is 4. The van der Waals surface area contributed by atoms with Crippen molar-refractivity contribution in [2.75, 3.05) is 5.32 Å². The van der Waals surface area contributed by atoms with Crippen LogP contribution in [0.3, 0.4) is 0 Å². The molecular weight excluding hydrogens is 324 g/mol. The van der Waals surface area contributed by atoms with Gasteiger partial charge in [-0.1, -0.05) is 42.5 Å². The zero-order valence-corrected chi connectivity index (χ0v) is 14.4. The molecule has 0 unspecified atom stereocenters. The third kappa shape index (κ3) is 2.95. The predicted molar refractivity (Wildman–Crippen MR) is 103 cm³/mol. The second kappa shape index (κ2) is 6.80. The topological polar surface area (TPSA) is 59.8 Å². The van der Waals surface area contributed by atoms with Crippen molar-refractivity contribution >= 4 is 22.6 Å². The first-order valence-electron chi connectivity index (χ1n) is 8.54. The fourth-order valence-corrected chi connectivity index (χ4v) is 3.00. The third-order valence-electron chi connectivity index (χ3n) is 4.26. The number of amides is 1. The zero-order valence-electron chi connectivity index (χ0n) is 14.4. The Morgan fingerprint density at radius 1 is 1.00 bits per heavy atom. The van der Waals surface area contributed by atoms with Gasteiger partial charge in [0.25, 0.3) is 5.91 Å². The number of aromatic nitrogens is 3. The maximum atomic E-state index is 12.7. The Morgan fingerprint density at radius 2 is 1.77 bits per heavy atom. The van der Waals surface area contributed by atoms with Crippen molar-refractivity contribution in [3.05, 3.63) is 78.8 Å². The fraction of sp³-hybridized carbons (Fsp3) is 0.0952. The SMILES string of the molecule is CCn1c(C(=O)Nc2ccc(-c3ccccc3)nc2)nc2ccccc21. The van der Waals surface area contributed by atoms with Crippen LogP contribution < -0.4 is 5.32 Å². The Morgan fingerprint density at radius 3 is 2.50 bits per heavy atom. The van der Waals surface area contributed by atoms with E-state index in [0.717, 1.165) is 22.3 Å². The molecule has 1 amide bonds. The summed E-state index contributed by atoms with van der Waals surface area (Å²) < 4.78 is 1.91. The van der Waals surface area contributed by atoms with Crippen LogP contribution in [0.4, 0.5) is 5.69 Å². The summed E-state index contributed by atoms with van der Waals surface area (Å²) in [5, 5.41) is 2.89. The van der Waals surface area contributed by atoms with Gasteiger partial charge in [0.1, 0.15) is 0 Å². The number of carbonyl (C=O) groups is 1. The van der Waals surface area contributed by atoms with Crippen LogP contribution in [0.5, 0.6) is 0 Å². The number of hydrogen-bond acceptors (Lipinski definition) is 3. The summed E-state index contributed by atoms with van der Waals surface area (Å²) in [6, 6.07) is 21.4. The number of para-hydroxylation sites is 2. The van der Waals surface area contributed by atoms with Crippen molar-refractivity contribution in [3.63, 3.8) is 0 Å². The quantitative estimate of drug-likeness (QED) is 0.599. The monoisotopic (exact) mass is 342 g/mol. The van der Waals surface area contributed by atoms with E-state index in [4.69, 9.17) is 0 Å². The highest BCUT2D eigenvalue weighted by Crippen LogP contribution is 2.20. The Bertz CT molecular complexity index is 1050. The Kier molecular flexibility index (Phi) is 4.19. The number of hydrogen-bond donors (Lipinski definition) is 1. The normalized spacial score (nSPS) is 10.8. The summed E-state index contributed by atoms with van der Waals surface area (Å²) in [4.78, 5) is 21.6. The Labute approximate surface area is 151 Å². The maximum absolute atomic E-state index is 12.7. The maximum Gasteiger partial charge on any atom is 0.291 e. The molecule has 1 N–H and O–H groups in total. The lowest BCUT2D eigenvalue weighted by molar-refractivity contribution is 0.101. The van der Waals surface area contributed by atoms with Gasteiger partial charge in [-0.3, -0.25) is 9.78 Å². The molecule has 0 fully saturated rings. The van der Waals surface area contributed by atoms with Gasteiger partial charge < -0.3 is 9.88 Å². The lowest BCUT2D eigenvalue weighted by Crippen LogP contribution is -2.18. The molecule has 0 saturated heterocycles. The largest absolute Gasteiger partial charge is 0.320 e. The summed E-state index contributed by atoms with van der Waals surface area (Å²) in [5.74, 6) is 0.165. The number of fused-ring (bicyclic) bond motifs is 1. The first-order chi connectivity index (χ1) is 12.8. The highest BCUT2D eigenvalue weighted by Gasteiger charge is 2.16. The molecule has 5 nitrogen and oxygen atoms in total. The number of aryl methyl sites for hydroxylation is 1. The fourth-order valence-electron chi connectivity index (χ4n) is 3.00. The van der Waals surface area contributed by atoms with E-state index >= 15 is 0 Å². The molecule has 2 aromatic heterocycles. The number of anilines is 1. The van der Waals surface area contributed by atoms with Gasteiger partial charge in [0.05, 0.1) is 28.6 Å². The van der Waals surface area contributed by atoms with E-state index in [1.807, 2.05) is 78.2 Å². The van der Waals surface area contributed by atoms with Crippen LogP contribution in [0, 0.1) is 0 Å². The molecule has 0 aliphatic rings. The molecule has 5 heteroatoms. The number of carbonyl (C=O) groups excluding carboxylic acids is 1. The average molecular weight is 342 g/mol. The van der Waals surface area contributed by atoms with Gasteiger partial charge in [-0.25, -0.2) is 4.98 Å². The van der Waals surface area contributed by atoms with Crippen molar-refractivity contribution < 1.29 is 4.79 Å². The molecule has 128 valence electrons. The molecule has 0 radical (unpaired) electrons. The van der Waals surface area contributed by atoms with Crippen molar-refractivity contribution in [1.29, 1.82) is 0 Å². The Hall–Kier alpha value is -3.47. The molecule has 4 aromatic rings. The number of benzene rings is 2. The van der Waals surface area contributed by atoms with Crippen molar-refractivity contribution in [2.24, 2.45) is 0 Å². The average Bonchev–Trinajstić information content (AvgIpc) is 3.08. The molecule has 0 aliphatic carbocycles. The van der Waals surface area contributed by atoms with Crippen LogP contribution in [0.15, 0.2) is 72.9 Å². The number of nitrogens with zero attached hydrogens (tertiary/aromatic N) is 3. The van der Waals surface area contributed by atoms with Gasteiger partial charge in [0, 0.05) is 12.1 Å². The zero-order chi connectivity index (χ0) is 17.9. The Balaban J connectivity index is 1.59. The number of pyridine rings is 1. The first kappa shape index (κ1) is 16.0. The molecule has 0 aliphatic heterocycles. The summed E-state index contributed by atoms with van der Waals surface area (Å²) in [7, 11) is 0. The van der Waals surface area contributed by atoms with E-state index in [9.17, 15) is 4.79 Å². The third-order valence-corrected chi connectivity index (χ3v) is 4.26. The standard InChI is InChI=1S/C21H18N4O/c1-2-25-19-11-7-6-10-18(19)24-20(25)21(26)23-16-12-13-17(22-14-16)15-8-4-3-5-9-15/h3-14H,2H2,1H3,(H,23,26). The van der Waals surface area contributed by atoms with E-state index in [0.29, 0.717) is 18.1 Å². The molecule has 2 aromatic carbocycles. The van der Waals surface area contributed by atoms with E-state index in [-0.39, 0.29) is 5.91 Å². The van der Waals surface area contributed by atoms with Crippen LogP contribution in [-0.4, -0.2) is 20.4 Å². The minimum absolute atomic E-state index is 0.239. The number of nitrogens with one attached hydrogen (secondary N) is 1. The lowest BCUT2D eigenvalue weighted by atomic mass is 10.1. The van der Waals surface area contributed by atoms with Gasteiger partial charge in [0.15, 0.2) is 5.82 Å². The van der Waals surface area contributed by atoms with E-state index in [2.05, 4.69) is 15.3 Å². The summed E-state index contributed by atoms with van der Waals surface area (Å²) in [6.07, 6.45) is 1.67. The van der Waals surface area contributed by atoms with Gasteiger partial charge in [0.2, 0.25) is 0 Å². The minimum atomic E-state index is -0.239. The molecule has 0 atom stereocenters.